The second kappa shape index (κ2) is 6.86. The van der Waals surface area contributed by atoms with Crippen molar-refractivity contribution in [1.82, 2.24) is 15.2 Å². The fourth-order valence-electron chi connectivity index (χ4n) is 2.60. The zero-order valence-corrected chi connectivity index (χ0v) is 15.1. The zero-order valence-electron chi connectivity index (χ0n) is 13.6. The summed E-state index contributed by atoms with van der Waals surface area (Å²) >= 11 is 11.9. The summed E-state index contributed by atoms with van der Waals surface area (Å²) in [5, 5.41) is 25.7. The fourth-order valence-corrected chi connectivity index (χ4v) is 2.90. The van der Waals surface area contributed by atoms with E-state index in [4.69, 9.17) is 23.2 Å². The largest absolute Gasteiger partial charge is 0.493 e. The number of rotatable bonds is 3. The highest BCUT2D eigenvalue weighted by atomic mass is 35.5. The number of aromatic hydroxyl groups is 1. The van der Waals surface area contributed by atoms with E-state index in [0.29, 0.717) is 32.2 Å². The second-order valence-corrected chi connectivity index (χ2v) is 6.48. The first-order chi connectivity index (χ1) is 13.0. The number of hydrogen-bond donors (Lipinski definition) is 3. The minimum atomic E-state index is -0.626. The monoisotopic (exact) mass is 399 g/mol. The molecule has 2 aromatic carbocycles. The van der Waals surface area contributed by atoms with E-state index in [1.54, 1.807) is 36.4 Å². The SMILES string of the molecule is O=C(N=Nc1c(O)[nH]c2ccccc12)c1cc(-c2ccc(Cl)c(Cl)c2)n[nH]1. The number of nitrogens with one attached hydrogen (secondary N) is 2. The summed E-state index contributed by atoms with van der Waals surface area (Å²) in [5.74, 6) is -0.785. The molecule has 0 spiro atoms. The van der Waals surface area contributed by atoms with Crippen LogP contribution < -0.4 is 0 Å². The van der Waals surface area contributed by atoms with Gasteiger partial charge in [-0.15, -0.1) is 10.2 Å². The Morgan fingerprint density at radius 2 is 1.89 bits per heavy atom. The minimum Gasteiger partial charge on any atom is -0.493 e. The Kier molecular flexibility index (Phi) is 4.39. The summed E-state index contributed by atoms with van der Waals surface area (Å²) in [7, 11) is 0. The van der Waals surface area contributed by atoms with Crippen LogP contribution >= 0.6 is 23.2 Å². The zero-order chi connectivity index (χ0) is 19.0. The summed E-state index contributed by atoms with van der Waals surface area (Å²) in [4.78, 5) is 15.1. The van der Waals surface area contributed by atoms with Gasteiger partial charge >= 0.3 is 5.91 Å². The Morgan fingerprint density at radius 3 is 2.70 bits per heavy atom. The molecule has 7 nitrogen and oxygen atoms in total. The van der Waals surface area contributed by atoms with Crippen molar-refractivity contribution < 1.29 is 9.90 Å². The predicted molar refractivity (Wildman–Crippen MR) is 103 cm³/mol. The van der Waals surface area contributed by atoms with Crippen molar-refractivity contribution in [2.75, 3.05) is 0 Å². The van der Waals surface area contributed by atoms with Crippen molar-refractivity contribution in [2.45, 2.75) is 0 Å². The van der Waals surface area contributed by atoms with Crippen LogP contribution in [0.4, 0.5) is 5.69 Å². The Morgan fingerprint density at radius 1 is 1.07 bits per heavy atom. The lowest BCUT2D eigenvalue weighted by molar-refractivity contribution is 0.0990. The first-order valence-corrected chi connectivity index (χ1v) is 8.55. The smallest absolute Gasteiger partial charge is 0.313 e. The van der Waals surface area contributed by atoms with E-state index in [1.165, 1.54) is 6.07 Å². The highest BCUT2D eigenvalue weighted by molar-refractivity contribution is 6.42. The molecule has 0 bridgehead atoms. The van der Waals surface area contributed by atoms with Gasteiger partial charge in [0, 0.05) is 10.9 Å². The third kappa shape index (κ3) is 3.30. The average Bonchev–Trinajstić information content (AvgIpc) is 3.26. The van der Waals surface area contributed by atoms with E-state index < -0.39 is 5.91 Å². The highest BCUT2D eigenvalue weighted by Gasteiger charge is 2.14. The summed E-state index contributed by atoms with van der Waals surface area (Å²) in [6.45, 7) is 0. The van der Waals surface area contributed by atoms with Crippen LogP contribution in [0.1, 0.15) is 10.5 Å². The number of hydrogen-bond acceptors (Lipinski definition) is 4. The number of nitrogens with zero attached hydrogens (tertiary/aromatic N) is 3. The van der Waals surface area contributed by atoms with Crippen molar-refractivity contribution in [2.24, 2.45) is 10.2 Å². The predicted octanol–water partition coefficient (Wildman–Crippen LogP) is 5.49. The van der Waals surface area contributed by atoms with E-state index >= 15 is 0 Å². The molecule has 27 heavy (non-hydrogen) atoms. The van der Waals surface area contributed by atoms with Crippen LogP contribution in [-0.4, -0.2) is 26.2 Å². The molecule has 0 fully saturated rings. The van der Waals surface area contributed by atoms with Crippen LogP contribution in [0.15, 0.2) is 58.8 Å². The number of fused-ring (bicyclic) bond motifs is 1. The Hall–Kier alpha value is -3.16. The molecule has 2 aromatic heterocycles. The lowest BCUT2D eigenvalue weighted by Gasteiger charge is -1.98. The molecule has 0 aliphatic heterocycles. The van der Waals surface area contributed by atoms with Crippen molar-refractivity contribution in [3.05, 3.63) is 64.3 Å². The molecule has 2 heterocycles. The van der Waals surface area contributed by atoms with E-state index in [9.17, 15) is 9.90 Å². The molecule has 0 atom stereocenters. The summed E-state index contributed by atoms with van der Waals surface area (Å²) in [6.07, 6.45) is 0. The third-order valence-electron chi connectivity index (χ3n) is 3.92. The fraction of sp³-hybridized carbons (Fsp3) is 0. The number of amides is 1. The van der Waals surface area contributed by atoms with Gasteiger partial charge in [-0.1, -0.05) is 47.5 Å². The van der Waals surface area contributed by atoms with Crippen LogP contribution in [0.25, 0.3) is 22.2 Å². The number of H-pyrrole nitrogens is 2. The third-order valence-corrected chi connectivity index (χ3v) is 4.66. The maximum absolute atomic E-state index is 12.3. The number of halogens is 2. The maximum Gasteiger partial charge on any atom is 0.313 e. The minimum absolute atomic E-state index is 0.152. The van der Waals surface area contributed by atoms with E-state index in [2.05, 4.69) is 25.4 Å². The maximum atomic E-state index is 12.3. The Bertz CT molecular complexity index is 1200. The normalized spacial score (nSPS) is 11.5. The molecule has 0 saturated carbocycles. The lowest BCUT2D eigenvalue weighted by Crippen LogP contribution is -1.93. The standard InChI is InChI=1S/C18H11Cl2N5O2/c19-11-6-5-9(7-12(11)20)14-8-15(23-22-14)17(26)25-24-16-10-3-1-2-4-13(10)21-18(16)27/h1-8,21,27H,(H,22,23). The second-order valence-electron chi connectivity index (χ2n) is 5.67. The molecule has 134 valence electrons. The number of carbonyl (C=O) groups is 1. The molecular weight excluding hydrogens is 389 g/mol. The van der Waals surface area contributed by atoms with Gasteiger partial charge in [-0.3, -0.25) is 9.89 Å². The van der Waals surface area contributed by atoms with Crippen LogP contribution in [0.2, 0.25) is 10.0 Å². The van der Waals surface area contributed by atoms with Gasteiger partial charge in [-0.2, -0.15) is 5.10 Å². The molecule has 0 saturated heterocycles. The molecule has 4 rings (SSSR count). The van der Waals surface area contributed by atoms with Gasteiger partial charge in [-0.25, -0.2) is 0 Å². The molecule has 0 radical (unpaired) electrons. The van der Waals surface area contributed by atoms with E-state index in [-0.39, 0.29) is 17.3 Å². The van der Waals surface area contributed by atoms with Crippen LogP contribution in [0, 0.1) is 0 Å². The number of benzene rings is 2. The summed E-state index contributed by atoms with van der Waals surface area (Å²) in [6, 6.07) is 13.8. The molecule has 1 amide bonds. The average molecular weight is 400 g/mol. The molecule has 0 unspecified atom stereocenters. The van der Waals surface area contributed by atoms with Gasteiger partial charge in [0.1, 0.15) is 5.69 Å². The first-order valence-electron chi connectivity index (χ1n) is 7.79. The molecular formula is C18H11Cl2N5O2. The molecule has 9 heteroatoms. The van der Waals surface area contributed by atoms with Crippen LogP contribution in [0.3, 0.4) is 0 Å². The lowest BCUT2D eigenvalue weighted by atomic mass is 10.1. The summed E-state index contributed by atoms with van der Waals surface area (Å²) < 4.78 is 0. The number of aromatic amines is 2. The quantitative estimate of drug-likeness (QED) is 0.396. The van der Waals surface area contributed by atoms with Crippen molar-refractivity contribution >= 4 is 45.7 Å². The topological polar surface area (TPSA) is 106 Å². The van der Waals surface area contributed by atoms with Gasteiger partial charge in [0.25, 0.3) is 0 Å². The van der Waals surface area contributed by atoms with Gasteiger partial charge in [-0.05, 0) is 24.3 Å². The molecule has 0 aliphatic carbocycles. The summed E-state index contributed by atoms with van der Waals surface area (Å²) in [5.41, 5.74) is 2.26. The van der Waals surface area contributed by atoms with Crippen molar-refractivity contribution in [3.8, 4) is 17.1 Å². The van der Waals surface area contributed by atoms with Gasteiger partial charge in [0.15, 0.2) is 5.69 Å². The molecule has 3 N–H and O–H groups in total. The van der Waals surface area contributed by atoms with Crippen molar-refractivity contribution in [3.63, 3.8) is 0 Å². The van der Waals surface area contributed by atoms with Crippen LogP contribution in [0.5, 0.6) is 5.88 Å². The number of carbonyl (C=O) groups excluding carboxylic acids is 1. The van der Waals surface area contributed by atoms with Gasteiger partial charge in [0.2, 0.25) is 5.88 Å². The Balaban J connectivity index is 1.60. The van der Waals surface area contributed by atoms with Gasteiger partial charge < -0.3 is 10.1 Å². The first kappa shape index (κ1) is 17.3. The molecule has 0 aliphatic rings. The van der Waals surface area contributed by atoms with Crippen LogP contribution in [-0.2, 0) is 0 Å². The Labute approximate surface area is 162 Å². The van der Waals surface area contributed by atoms with Gasteiger partial charge in [0.05, 0.1) is 21.3 Å². The van der Waals surface area contributed by atoms with Crippen molar-refractivity contribution in [1.29, 1.82) is 0 Å². The molecule has 4 aromatic rings. The number of azo groups is 1. The van der Waals surface area contributed by atoms with E-state index in [1.807, 2.05) is 6.07 Å². The number of aromatic nitrogens is 3. The van der Waals surface area contributed by atoms with E-state index in [0.717, 1.165) is 0 Å². The highest BCUT2D eigenvalue weighted by Crippen LogP contribution is 2.35. The number of para-hydroxylation sites is 1.